The lowest BCUT2D eigenvalue weighted by Gasteiger charge is -2.35. The first kappa shape index (κ1) is 12.2. The summed E-state index contributed by atoms with van der Waals surface area (Å²) in [6.45, 7) is 2.38. The summed E-state index contributed by atoms with van der Waals surface area (Å²) in [5, 5.41) is 3.78. The van der Waals surface area contributed by atoms with E-state index >= 15 is 0 Å². The van der Waals surface area contributed by atoms with Gasteiger partial charge in [-0.25, -0.2) is 4.39 Å². The predicted molar refractivity (Wildman–Crippen MR) is 72.6 cm³/mol. The van der Waals surface area contributed by atoms with Crippen LogP contribution in [0, 0.1) is 5.82 Å². The first-order valence-electron chi connectivity index (χ1n) is 6.68. The Morgan fingerprint density at radius 2 is 2.17 bits per heavy atom. The number of rotatable bonds is 2. The highest BCUT2D eigenvalue weighted by atomic mass is 35.5. The van der Waals surface area contributed by atoms with E-state index in [1.807, 2.05) is 0 Å². The molecule has 4 heteroatoms. The van der Waals surface area contributed by atoms with E-state index in [1.54, 1.807) is 12.1 Å². The van der Waals surface area contributed by atoms with Gasteiger partial charge in [-0.1, -0.05) is 11.6 Å². The van der Waals surface area contributed by atoms with Crippen LogP contribution in [0.1, 0.15) is 25.7 Å². The molecule has 2 fully saturated rings. The zero-order chi connectivity index (χ0) is 12.5. The number of halogens is 2. The van der Waals surface area contributed by atoms with Gasteiger partial charge in [0.15, 0.2) is 0 Å². The maximum absolute atomic E-state index is 13.7. The van der Waals surface area contributed by atoms with Crippen LogP contribution >= 0.6 is 11.6 Å². The first-order chi connectivity index (χ1) is 8.72. The second-order valence-electron chi connectivity index (χ2n) is 5.32. The fourth-order valence-corrected chi connectivity index (χ4v) is 3.34. The first-order valence-corrected chi connectivity index (χ1v) is 7.06. The fourth-order valence-electron chi connectivity index (χ4n) is 3.18. The van der Waals surface area contributed by atoms with Crippen molar-refractivity contribution in [2.75, 3.05) is 18.4 Å². The molecular weight excluding hydrogens is 251 g/mol. The molecule has 0 bridgehead atoms. The molecule has 2 atom stereocenters. The Bertz CT molecular complexity index is 438. The highest BCUT2D eigenvalue weighted by Crippen LogP contribution is 2.29. The van der Waals surface area contributed by atoms with Crippen LogP contribution in [-0.4, -0.2) is 30.1 Å². The van der Waals surface area contributed by atoms with E-state index in [0.29, 0.717) is 22.8 Å². The second-order valence-corrected chi connectivity index (χ2v) is 5.76. The minimum absolute atomic E-state index is 0.253. The Kier molecular flexibility index (Phi) is 3.44. The molecule has 2 saturated heterocycles. The lowest BCUT2D eigenvalue weighted by Crippen LogP contribution is -2.42. The number of nitrogens with one attached hydrogen (secondary N) is 1. The minimum Gasteiger partial charge on any atom is -0.380 e. The van der Waals surface area contributed by atoms with Crippen LogP contribution in [0.4, 0.5) is 10.1 Å². The maximum atomic E-state index is 13.7. The van der Waals surface area contributed by atoms with Crippen molar-refractivity contribution in [2.45, 2.75) is 37.8 Å². The van der Waals surface area contributed by atoms with E-state index in [0.717, 1.165) is 19.4 Å². The molecule has 1 aromatic carbocycles. The third-order valence-electron chi connectivity index (χ3n) is 4.11. The second kappa shape index (κ2) is 5.06. The van der Waals surface area contributed by atoms with E-state index in [1.165, 1.54) is 25.5 Å². The molecule has 2 nitrogen and oxygen atoms in total. The van der Waals surface area contributed by atoms with Crippen molar-refractivity contribution in [1.29, 1.82) is 0 Å². The average Bonchev–Trinajstić information content (AvgIpc) is 2.80. The minimum atomic E-state index is -0.253. The van der Waals surface area contributed by atoms with Crippen molar-refractivity contribution in [3.63, 3.8) is 0 Å². The standard InChI is InChI=1S/C14H18ClFN2/c15-10-3-4-14(13(16)8-10)17-11-5-7-18-6-1-2-12(18)9-11/h3-4,8,11-12,17H,1-2,5-7,9H2. The van der Waals surface area contributed by atoms with Crippen LogP contribution < -0.4 is 5.32 Å². The van der Waals surface area contributed by atoms with Crippen LogP contribution in [0.15, 0.2) is 18.2 Å². The van der Waals surface area contributed by atoms with Gasteiger partial charge in [-0.2, -0.15) is 0 Å². The third kappa shape index (κ3) is 2.47. The van der Waals surface area contributed by atoms with Crippen LogP contribution in [0.25, 0.3) is 0 Å². The Morgan fingerprint density at radius 1 is 1.28 bits per heavy atom. The lowest BCUT2D eigenvalue weighted by atomic mass is 9.97. The predicted octanol–water partition coefficient (Wildman–Crippen LogP) is 3.52. The summed E-state index contributed by atoms with van der Waals surface area (Å²) in [5.74, 6) is -0.253. The summed E-state index contributed by atoms with van der Waals surface area (Å²) in [6.07, 6.45) is 4.83. The van der Waals surface area contributed by atoms with Gasteiger partial charge in [0.2, 0.25) is 0 Å². The summed E-state index contributed by atoms with van der Waals surface area (Å²) in [7, 11) is 0. The molecule has 1 aromatic rings. The molecule has 0 aliphatic carbocycles. The molecule has 0 amide bonds. The van der Waals surface area contributed by atoms with Gasteiger partial charge < -0.3 is 10.2 Å². The summed E-state index contributed by atoms with van der Waals surface area (Å²) in [5.41, 5.74) is 0.579. The van der Waals surface area contributed by atoms with Gasteiger partial charge in [0, 0.05) is 23.7 Å². The largest absolute Gasteiger partial charge is 0.380 e. The number of hydrogen-bond acceptors (Lipinski definition) is 2. The topological polar surface area (TPSA) is 15.3 Å². The molecule has 98 valence electrons. The third-order valence-corrected chi connectivity index (χ3v) is 4.35. The highest BCUT2D eigenvalue weighted by Gasteiger charge is 2.31. The summed E-state index contributed by atoms with van der Waals surface area (Å²) in [6, 6.07) is 5.93. The van der Waals surface area contributed by atoms with Gasteiger partial charge >= 0.3 is 0 Å². The molecule has 2 heterocycles. The van der Waals surface area contributed by atoms with Crippen LogP contribution in [-0.2, 0) is 0 Å². The van der Waals surface area contributed by atoms with E-state index in [9.17, 15) is 4.39 Å². The molecule has 0 spiro atoms. The normalized spacial score (nSPS) is 28.1. The number of nitrogens with zero attached hydrogens (tertiary/aromatic N) is 1. The molecule has 2 unspecified atom stereocenters. The molecule has 2 aliphatic heterocycles. The van der Waals surface area contributed by atoms with Gasteiger partial charge in [-0.3, -0.25) is 0 Å². The molecule has 0 saturated carbocycles. The zero-order valence-electron chi connectivity index (χ0n) is 10.3. The van der Waals surface area contributed by atoms with Crippen LogP contribution in [0.3, 0.4) is 0 Å². The summed E-state index contributed by atoms with van der Waals surface area (Å²) in [4.78, 5) is 2.57. The van der Waals surface area contributed by atoms with Gasteiger partial charge in [0.05, 0.1) is 5.69 Å². The monoisotopic (exact) mass is 268 g/mol. The zero-order valence-corrected chi connectivity index (χ0v) is 11.1. The number of hydrogen-bond donors (Lipinski definition) is 1. The molecule has 3 rings (SSSR count). The highest BCUT2D eigenvalue weighted by molar-refractivity contribution is 6.30. The fraction of sp³-hybridized carbons (Fsp3) is 0.571. The van der Waals surface area contributed by atoms with Gasteiger partial charge in [0.1, 0.15) is 5.82 Å². The molecule has 1 N–H and O–H groups in total. The van der Waals surface area contributed by atoms with Gasteiger partial charge in [-0.05, 0) is 50.4 Å². The maximum Gasteiger partial charge on any atom is 0.147 e. The summed E-state index contributed by atoms with van der Waals surface area (Å²) >= 11 is 5.76. The quantitative estimate of drug-likeness (QED) is 0.883. The Labute approximate surface area is 112 Å². The van der Waals surface area contributed by atoms with E-state index in [2.05, 4.69) is 10.2 Å². The number of piperidine rings is 1. The van der Waals surface area contributed by atoms with Crippen molar-refractivity contribution >= 4 is 17.3 Å². The SMILES string of the molecule is Fc1cc(Cl)ccc1NC1CCN2CCCC2C1. The molecule has 0 radical (unpaired) electrons. The number of anilines is 1. The van der Waals surface area contributed by atoms with E-state index < -0.39 is 0 Å². The van der Waals surface area contributed by atoms with Crippen molar-refractivity contribution in [3.8, 4) is 0 Å². The van der Waals surface area contributed by atoms with Gasteiger partial charge in [0.25, 0.3) is 0 Å². The van der Waals surface area contributed by atoms with Crippen molar-refractivity contribution in [2.24, 2.45) is 0 Å². The van der Waals surface area contributed by atoms with Crippen molar-refractivity contribution < 1.29 is 4.39 Å². The molecule has 18 heavy (non-hydrogen) atoms. The number of benzene rings is 1. The molecular formula is C14H18ClFN2. The van der Waals surface area contributed by atoms with Crippen LogP contribution in [0.2, 0.25) is 5.02 Å². The smallest absolute Gasteiger partial charge is 0.147 e. The Morgan fingerprint density at radius 3 is 3.00 bits per heavy atom. The van der Waals surface area contributed by atoms with Crippen molar-refractivity contribution in [1.82, 2.24) is 4.90 Å². The summed E-state index contributed by atoms with van der Waals surface area (Å²) < 4.78 is 13.7. The van der Waals surface area contributed by atoms with Crippen LogP contribution in [0.5, 0.6) is 0 Å². The molecule has 0 aromatic heterocycles. The van der Waals surface area contributed by atoms with Crippen molar-refractivity contribution in [3.05, 3.63) is 29.0 Å². The average molecular weight is 269 g/mol. The number of fused-ring (bicyclic) bond motifs is 1. The van der Waals surface area contributed by atoms with Gasteiger partial charge in [-0.15, -0.1) is 0 Å². The van der Waals surface area contributed by atoms with E-state index in [-0.39, 0.29) is 5.82 Å². The molecule has 2 aliphatic rings. The van der Waals surface area contributed by atoms with E-state index in [4.69, 9.17) is 11.6 Å². The Balaban J connectivity index is 1.66. The lowest BCUT2D eigenvalue weighted by molar-refractivity contribution is 0.188. The Hall–Kier alpha value is -0.800.